The minimum atomic E-state index is -0.628. The highest BCUT2D eigenvalue weighted by molar-refractivity contribution is 5.99. The number of imidazole rings is 1. The molecule has 3 N–H and O–H groups in total. The van der Waals surface area contributed by atoms with E-state index in [9.17, 15) is 0 Å². The van der Waals surface area contributed by atoms with E-state index in [1.54, 1.807) is 62.2 Å². The fraction of sp³-hybridized carbons (Fsp3) is 0.133. The largest absolute Gasteiger partial charge is 0.488 e. The molecule has 3 aliphatic rings. The van der Waals surface area contributed by atoms with Crippen molar-refractivity contribution in [1.29, 1.82) is 0 Å². The third kappa shape index (κ3) is 4.52. The van der Waals surface area contributed by atoms with E-state index in [-0.39, 0.29) is 11.9 Å². The lowest BCUT2D eigenvalue weighted by molar-refractivity contribution is 0.210. The van der Waals surface area contributed by atoms with E-state index in [1.165, 1.54) is 0 Å². The minimum Gasteiger partial charge on any atom is -0.488 e. The van der Waals surface area contributed by atoms with Gasteiger partial charge in [0.2, 0.25) is 0 Å². The molecule has 47 heavy (non-hydrogen) atoms. The molecule has 1 fully saturated rings. The molecule has 9 heterocycles. The first kappa shape index (κ1) is 26.8. The predicted molar refractivity (Wildman–Crippen MR) is 169 cm³/mol. The Labute approximate surface area is 265 Å². The molecule has 0 bridgehead atoms. The highest BCUT2D eigenvalue weighted by atomic mass is 16.5. The maximum Gasteiger partial charge on any atom is 0.252 e. The number of nitrogens with zero attached hydrogens (tertiary/aromatic N) is 13. The average Bonchev–Trinajstić information content (AvgIpc) is 3.95. The van der Waals surface area contributed by atoms with Crippen LogP contribution in [-0.4, -0.2) is 84.2 Å². The molecule has 0 saturated carbocycles. The Morgan fingerprint density at radius 2 is 1.70 bits per heavy atom. The van der Waals surface area contributed by atoms with Crippen LogP contribution in [0.1, 0.15) is 17.8 Å². The van der Waals surface area contributed by atoms with Crippen LogP contribution in [-0.2, 0) is 4.74 Å². The monoisotopic (exact) mass is 624 g/mol. The van der Waals surface area contributed by atoms with Crippen molar-refractivity contribution in [2.75, 3.05) is 23.1 Å². The van der Waals surface area contributed by atoms with Crippen molar-refractivity contribution in [3.8, 4) is 0 Å². The van der Waals surface area contributed by atoms with Crippen molar-refractivity contribution in [3.05, 3.63) is 109 Å². The minimum absolute atomic E-state index is 0.268. The van der Waals surface area contributed by atoms with E-state index in [4.69, 9.17) is 29.7 Å². The summed E-state index contributed by atoms with van der Waals surface area (Å²) in [6.07, 6.45) is 22.5. The van der Waals surface area contributed by atoms with Gasteiger partial charge in [-0.25, -0.2) is 40.4 Å². The van der Waals surface area contributed by atoms with Gasteiger partial charge in [0.25, 0.3) is 11.9 Å². The lowest BCUT2D eigenvalue weighted by atomic mass is 9.96. The molecule has 0 spiro atoms. The van der Waals surface area contributed by atoms with Crippen molar-refractivity contribution < 1.29 is 4.74 Å². The number of nitrogens with one attached hydrogen (secondary N) is 3. The lowest BCUT2D eigenvalue weighted by Crippen LogP contribution is -2.51. The third-order valence-electron chi connectivity index (χ3n) is 7.78. The molecule has 1 unspecified atom stereocenters. The van der Waals surface area contributed by atoms with Gasteiger partial charge in [0.1, 0.15) is 28.1 Å². The first-order chi connectivity index (χ1) is 23.3. The van der Waals surface area contributed by atoms with Crippen LogP contribution in [0.25, 0.3) is 33.6 Å². The van der Waals surface area contributed by atoms with E-state index in [1.807, 2.05) is 34.3 Å². The number of allylic oxidation sites excluding steroid dienone is 3. The normalized spacial score (nSPS) is 18.2. The summed E-state index contributed by atoms with van der Waals surface area (Å²) in [6.45, 7) is 1.48. The Hall–Kier alpha value is -6.62. The average molecular weight is 625 g/mol. The molecule has 0 aliphatic carbocycles. The summed E-state index contributed by atoms with van der Waals surface area (Å²) < 4.78 is 6.32. The van der Waals surface area contributed by atoms with Crippen LogP contribution in [0.5, 0.6) is 0 Å². The molecule has 0 radical (unpaired) electrons. The third-order valence-corrected chi connectivity index (χ3v) is 7.78. The van der Waals surface area contributed by atoms with Crippen LogP contribution in [0.3, 0.4) is 0 Å². The van der Waals surface area contributed by atoms with Crippen LogP contribution in [0.4, 0.5) is 11.9 Å². The number of ether oxygens (including phenoxy) is 1. The number of hydrogen-bond donors (Lipinski definition) is 3. The maximum atomic E-state index is 6.32. The van der Waals surface area contributed by atoms with Gasteiger partial charge in [0.15, 0.2) is 17.4 Å². The van der Waals surface area contributed by atoms with Gasteiger partial charge in [-0.3, -0.25) is 15.1 Å². The van der Waals surface area contributed by atoms with Crippen molar-refractivity contribution in [2.45, 2.75) is 12.5 Å². The van der Waals surface area contributed by atoms with Gasteiger partial charge in [-0.05, 0) is 24.6 Å². The van der Waals surface area contributed by atoms with Crippen molar-refractivity contribution >= 4 is 45.5 Å². The second-order valence-corrected chi connectivity index (χ2v) is 10.6. The number of H-pyrrole nitrogens is 2. The van der Waals surface area contributed by atoms with E-state index in [2.05, 4.69) is 45.6 Å². The van der Waals surface area contributed by atoms with Gasteiger partial charge in [-0.15, -0.1) is 0 Å². The topological polar surface area (TPSA) is 191 Å². The number of hydrogen-bond acceptors (Lipinski definition) is 15. The molecule has 0 amide bonds. The highest BCUT2D eigenvalue weighted by Crippen LogP contribution is 2.46. The number of fused-ring (bicyclic) bond motifs is 2. The highest BCUT2D eigenvalue weighted by Gasteiger charge is 2.45. The number of aromatic nitrogens is 12. The summed E-state index contributed by atoms with van der Waals surface area (Å²) in [6, 6.07) is 1.88. The standard InChI is InChI=1S/C30H24N16O/c1-2-13-47-22(4-1)25-23(19-14-31-8-9-32-19)26(44-12-3-6-40-44)24(18-5-7-39-43-18)45(29-35-15-20-27(41-29)34-11-10-33-20)46(25)30-36-16-21-28(42-30)38-17-37-21/h1-2,4-5,7-11,13-17,22,40H,3,6,12H2,(H,39,43)(H,36,37,38,42). The molecule has 6 aromatic rings. The SMILES string of the molecule is C1=COC(C2=C(c3cnccn3)C(N3CCCN3)=C(c3cc[nH]n3)N(c3ncc4nccnc4n3)N2c2ncc3[nH]cnc3n2)C=C1. The van der Waals surface area contributed by atoms with E-state index < -0.39 is 6.10 Å². The first-order valence-electron chi connectivity index (χ1n) is 14.8. The van der Waals surface area contributed by atoms with Crippen LogP contribution in [0, 0.1) is 0 Å². The lowest BCUT2D eigenvalue weighted by Gasteiger charge is -2.45. The zero-order valence-electron chi connectivity index (χ0n) is 24.5. The quantitative estimate of drug-likeness (QED) is 0.244. The zero-order valence-corrected chi connectivity index (χ0v) is 24.5. The number of aromatic amines is 2. The van der Waals surface area contributed by atoms with Crippen molar-refractivity contribution in [2.24, 2.45) is 0 Å². The van der Waals surface area contributed by atoms with Crippen LogP contribution in [0.2, 0.25) is 0 Å². The second kappa shape index (κ2) is 11.1. The Balaban J connectivity index is 1.43. The van der Waals surface area contributed by atoms with Crippen molar-refractivity contribution in [1.82, 2.24) is 70.5 Å². The van der Waals surface area contributed by atoms with E-state index in [0.29, 0.717) is 51.7 Å². The molecule has 0 aromatic carbocycles. The van der Waals surface area contributed by atoms with Crippen molar-refractivity contribution in [3.63, 3.8) is 0 Å². The Kier molecular flexibility index (Phi) is 6.30. The van der Waals surface area contributed by atoms with Crippen LogP contribution < -0.4 is 15.4 Å². The number of anilines is 2. The molecule has 3 aliphatic heterocycles. The molecular formula is C30H24N16O. The fourth-order valence-electron chi connectivity index (χ4n) is 5.82. The van der Waals surface area contributed by atoms with Gasteiger partial charge >= 0.3 is 0 Å². The molecule has 9 rings (SSSR count). The summed E-state index contributed by atoms with van der Waals surface area (Å²) in [5.74, 6) is 0.543. The summed E-state index contributed by atoms with van der Waals surface area (Å²) in [7, 11) is 0. The van der Waals surface area contributed by atoms with Crippen LogP contribution >= 0.6 is 0 Å². The smallest absolute Gasteiger partial charge is 0.252 e. The molecule has 1 saturated heterocycles. The Morgan fingerprint density at radius 1 is 0.809 bits per heavy atom. The van der Waals surface area contributed by atoms with Crippen LogP contribution in [0.15, 0.2) is 97.9 Å². The summed E-state index contributed by atoms with van der Waals surface area (Å²) in [4.78, 5) is 45.1. The molecule has 17 heteroatoms. The Morgan fingerprint density at radius 3 is 2.53 bits per heavy atom. The number of rotatable bonds is 6. The van der Waals surface area contributed by atoms with Gasteiger partial charge in [-0.2, -0.15) is 15.1 Å². The second-order valence-electron chi connectivity index (χ2n) is 10.6. The van der Waals surface area contributed by atoms with E-state index in [0.717, 1.165) is 24.2 Å². The summed E-state index contributed by atoms with van der Waals surface area (Å²) >= 11 is 0. The Bertz CT molecular complexity index is 2220. The predicted octanol–water partition coefficient (Wildman–Crippen LogP) is 2.30. The van der Waals surface area contributed by atoms with E-state index >= 15 is 0 Å². The molecule has 230 valence electrons. The van der Waals surface area contributed by atoms with Gasteiger partial charge in [0, 0.05) is 44.1 Å². The van der Waals surface area contributed by atoms with Gasteiger partial charge in [0.05, 0.1) is 48.1 Å². The van der Waals surface area contributed by atoms with Gasteiger partial charge < -0.3 is 14.7 Å². The van der Waals surface area contributed by atoms with Gasteiger partial charge in [-0.1, -0.05) is 6.08 Å². The molecule has 1 atom stereocenters. The molecule has 6 aromatic heterocycles. The molecule has 17 nitrogen and oxygen atoms in total. The zero-order chi connectivity index (χ0) is 31.2. The first-order valence-corrected chi connectivity index (χ1v) is 14.8. The fourth-order valence-corrected chi connectivity index (χ4v) is 5.82. The molecular weight excluding hydrogens is 600 g/mol. The maximum absolute atomic E-state index is 6.32. The summed E-state index contributed by atoms with van der Waals surface area (Å²) in [5, 5.41) is 13.4. The summed E-state index contributed by atoms with van der Waals surface area (Å²) in [5.41, 5.74) is 9.57. The number of hydrazine groups is 2.